The number of carboxylic acid groups (broad SMARTS) is 2. The first-order valence-corrected chi connectivity index (χ1v) is 17.5. The average molecular weight is 667 g/mol. The highest BCUT2D eigenvalue weighted by molar-refractivity contribution is 5.82. The van der Waals surface area contributed by atoms with Gasteiger partial charge < -0.3 is 38.1 Å². The van der Waals surface area contributed by atoms with Crippen LogP contribution in [-0.2, 0) is 22.7 Å². The summed E-state index contributed by atoms with van der Waals surface area (Å²) >= 11 is 0. The Labute approximate surface area is 284 Å². The number of carboxylic acids is 2. The Bertz CT molecular complexity index is 1400. The molecule has 2 aromatic rings. The van der Waals surface area contributed by atoms with Gasteiger partial charge in [0.05, 0.1) is 89.7 Å². The Morgan fingerprint density at radius 2 is 1.04 bits per heavy atom. The summed E-state index contributed by atoms with van der Waals surface area (Å²) in [5, 5.41) is 21.6. The second kappa shape index (κ2) is 13.1. The Hall–Kier alpha value is -3.50. The molecule has 4 heterocycles. The number of aliphatic carboxylic acids is 2. The number of quaternary nitrogens is 2. The largest absolute Gasteiger partial charge is 0.497 e. The van der Waals surface area contributed by atoms with Gasteiger partial charge in [-0.25, -0.2) is 0 Å². The van der Waals surface area contributed by atoms with Crippen molar-refractivity contribution in [3.05, 3.63) is 47.5 Å². The summed E-state index contributed by atoms with van der Waals surface area (Å²) in [5.41, 5.74) is 0.863. The van der Waals surface area contributed by atoms with E-state index in [0.717, 1.165) is 108 Å². The van der Waals surface area contributed by atoms with Crippen molar-refractivity contribution in [3.8, 4) is 23.0 Å². The normalized spacial score (nSPS) is 33.5. The van der Waals surface area contributed by atoms with Gasteiger partial charge in [0.2, 0.25) is 0 Å². The number of benzene rings is 2. The van der Waals surface area contributed by atoms with Crippen molar-refractivity contribution in [2.75, 3.05) is 42.5 Å². The minimum Gasteiger partial charge on any atom is -0.497 e. The van der Waals surface area contributed by atoms with Crippen LogP contribution in [0.15, 0.2) is 36.4 Å². The van der Waals surface area contributed by atoms with Gasteiger partial charge in [-0.1, -0.05) is 0 Å². The van der Waals surface area contributed by atoms with E-state index in [1.54, 1.807) is 28.4 Å². The maximum Gasteiger partial charge on any atom is 0.310 e. The highest BCUT2D eigenvalue weighted by Gasteiger charge is 2.64. The van der Waals surface area contributed by atoms with Crippen molar-refractivity contribution < 1.29 is 47.7 Å². The molecule has 4 unspecified atom stereocenters. The number of fused-ring (bicyclic) bond motifs is 4. The van der Waals surface area contributed by atoms with Gasteiger partial charge >= 0.3 is 11.9 Å². The van der Waals surface area contributed by atoms with E-state index in [9.17, 15) is 19.8 Å². The molecule has 48 heavy (non-hydrogen) atoms. The van der Waals surface area contributed by atoms with Gasteiger partial charge in [-0.05, 0) is 48.2 Å². The van der Waals surface area contributed by atoms with E-state index in [1.807, 2.05) is 36.4 Å². The van der Waals surface area contributed by atoms with Gasteiger partial charge in [0, 0.05) is 51.4 Å². The predicted molar refractivity (Wildman–Crippen MR) is 180 cm³/mol. The number of rotatable bonds is 13. The molecule has 6 rings (SSSR count). The molecule has 0 amide bonds. The first-order chi connectivity index (χ1) is 22.9. The number of nitrogens with zero attached hydrogens (tertiary/aromatic N) is 2. The first kappa shape index (κ1) is 34.4. The molecule has 262 valence electrons. The van der Waals surface area contributed by atoms with Gasteiger partial charge in [-0.3, -0.25) is 9.59 Å². The average Bonchev–Trinajstić information content (AvgIpc) is 3.31. The second-order valence-corrected chi connectivity index (χ2v) is 15.4. The summed E-state index contributed by atoms with van der Waals surface area (Å²) < 4.78 is 24.2. The third-order valence-electron chi connectivity index (χ3n) is 13.5. The van der Waals surface area contributed by atoms with Gasteiger partial charge in [0.15, 0.2) is 0 Å². The Morgan fingerprint density at radius 1 is 0.667 bits per heavy atom. The zero-order valence-corrected chi connectivity index (χ0v) is 29.4. The number of ether oxygens (including phenoxy) is 4. The summed E-state index contributed by atoms with van der Waals surface area (Å²) in [6, 6.07) is 12.8. The van der Waals surface area contributed by atoms with Crippen LogP contribution in [0.3, 0.4) is 0 Å². The molecule has 4 saturated heterocycles. The molecular formula is C38H54N2O8+2. The molecule has 0 aromatic heterocycles. The summed E-state index contributed by atoms with van der Waals surface area (Å²) in [4.78, 5) is 26.3. The molecule has 10 heteroatoms. The number of piperidine rings is 2. The molecule has 4 bridgehead atoms. The monoisotopic (exact) mass is 666 g/mol. The second-order valence-electron chi connectivity index (χ2n) is 15.4. The van der Waals surface area contributed by atoms with Crippen LogP contribution in [0.4, 0.5) is 0 Å². The van der Waals surface area contributed by atoms with Crippen LogP contribution >= 0.6 is 0 Å². The molecular weight excluding hydrogens is 612 g/mol. The maximum absolute atomic E-state index is 13.7. The van der Waals surface area contributed by atoms with E-state index in [4.69, 9.17) is 18.9 Å². The lowest BCUT2D eigenvalue weighted by molar-refractivity contribution is -0.963. The van der Waals surface area contributed by atoms with Crippen LogP contribution in [-0.4, -0.2) is 97.8 Å². The summed E-state index contributed by atoms with van der Waals surface area (Å²) in [7, 11) is 11.3. The predicted octanol–water partition coefficient (Wildman–Crippen LogP) is 5.74. The molecule has 0 spiro atoms. The van der Waals surface area contributed by atoms with Crippen molar-refractivity contribution in [1.82, 2.24) is 0 Å². The SMILES string of the molecule is COc1ccc(OC)c(C[N+]2(C)C3CCC2CC(C(CC(=O)O)(C(=O)O)C2CC4CCC(C2)[N+]4(C)Cc2cc(OC)ccc2OC)C3)c1. The van der Waals surface area contributed by atoms with E-state index < -0.39 is 17.4 Å². The smallest absolute Gasteiger partial charge is 0.310 e. The number of carbonyl (C=O) groups is 2. The van der Waals surface area contributed by atoms with Crippen LogP contribution in [0.1, 0.15) is 68.9 Å². The van der Waals surface area contributed by atoms with Crippen molar-refractivity contribution in [2.24, 2.45) is 17.3 Å². The minimum atomic E-state index is -1.30. The molecule has 0 radical (unpaired) electrons. The molecule has 0 aliphatic carbocycles. The van der Waals surface area contributed by atoms with Gasteiger partial charge in [0.1, 0.15) is 36.1 Å². The molecule has 2 N–H and O–H groups in total. The van der Waals surface area contributed by atoms with Gasteiger partial charge in [0.25, 0.3) is 0 Å². The van der Waals surface area contributed by atoms with Crippen molar-refractivity contribution >= 4 is 11.9 Å². The van der Waals surface area contributed by atoms with E-state index >= 15 is 0 Å². The zero-order valence-electron chi connectivity index (χ0n) is 29.4. The third kappa shape index (κ3) is 5.68. The van der Waals surface area contributed by atoms with Crippen molar-refractivity contribution in [3.63, 3.8) is 0 Å². The van der Waals surface area contributed by atoms with Gasteiger partial charge in [-0.15, -0.1) is 0 Å². The molecule has 4 fully saturated rings. The van der Waals surface area contributed by atoms with Crippen molar-refractivity contribution in [2.45, 2.75) is 95.0 Å². The first-order valence-electron chi connectivity index (χ1n) is 17.5. The molecule has 2 aromatic carbocycles. The fourth-order valence-electron chi connectivity index (χ4n) is 10.9. The van der Waals surface area contributed by atoms with Gasteiger partial charge in [-0.2, -0.15) is 0 Å². The number of methoxy groups -OCH3 is 4. The Kier molecular flexibility index (Phi) is 9.37. The highest BCUT2D eigenvalue weighted by Crippen LogP contribution is 2.59. The third-order valence-corrected chi connectivity index (χ3v) is 13.5. The summed E-state index contributed by atoms with van der Waals surface area (Å²) in [6.45, 7) is 1.52. The molecule has 4 aliphatic rings. The van der Waals surface area contributed by atoms with Crippen molar-refractivity contribution in [1.29, 1.82) is 0 Å². The molecule has 10 nitrogen and oxygen atoms in total. The van der Waals surface area contributed by atoms with Crippen LogP contribution in [0.25, 0.3) is 0 Å². The molecule has 4 atom stereocenters. The summed E-state index contributed by atoms with van der Waals surface area (Å²) in [5.74, 6) is 0.908. The zero-order chi connectivity index (χ0) is 34.4. The fourth-order valence-corrected chi connectivity index (χ4v) is 10.9. The fraction of sp³-hybridized carbons (Fsp3) is 0.632. The number of hydrogen-bond donors (Lipinski definition) is 2. The quantitative estimate of drug-likeness (QED) is 0.261. The van der Waals surface area contributed by atoms with Crippen LogP contribution < -0.4 is 18.9 Å². The van der Waals surface area contributed by atoms with E-state index in [0.29, 0.717) is 0 Å². The lowest BCUT2D eigenvalue weighted by atomic mass is 9.57. The van der Waals surface area contributed by atoms with E-state index in [-0.39, 0.29) is 42.4 Å². The maximum atomic E-state index is 13.7. The standard InChI is InChI=1S/C38H52N2O8/c1-39(22-24-15-32(45-3)11-13-34(24)47-5)28-7-8-29(39)18-26(17-28)38(37(43)44,21-36(41)42)27-19-30-9-10-31(20-27)40(30,2)23-25-16-33(46-4)12-14-35(25)48-6/h11-16,26-31H,7-10,17-23H2,1-6H3/p+2. The molecule has 0 saturated carbocycles. The van der Waals surface area contributed by atoms with E-state index in [1.165, 1.54) is 0 Å². The lowest BCUT2D eigenvalue weighted by Crippen LogP contribution is -2.63. The molecule has 4 aliphatic heterocycles. The number of hydrogen-bond acceptors (Lipinski definition) is 6. The van der Waals surface area contributed by atoms with E-state index in [2.05, 4.69) is 14.1 Å². The Balaban J connectivity index is 1.28. The lowest BCUT2D eigenvalue weighted by Gasteiger charge is -2.55. The van der Waals surface area contributed by atoms with Crippen LogP contribution in [0, 0.1) is 17.3 Å². The Morgan fingerprint density at radius 3 is 1.33 bits per heavy atom. The van der Waals surface area contributed by atoms with Crippen LogP contribution in [0.5, 0.6) is 23.0 Å². The topological polar surface area (TPSA) is 112 Å². The highest BCUT2D eigenvalue weighted by atomic mass is 16.5. The summed E-state index contributed by atoms with van der Waals surface area (Å²) in [6.07, 6.45) is 6.61. The van der Waals surface area contributed by atoms with Crippen LogP contribution in [0.2, 0.25) is 0 Å². The minimum absolute atomic E-state index is 0.193.